The Morgan fingerprint density at radius 3 is 2.26 bits per heavy atom. The van der Waals surface area contributed by atoms with Gasteiger partial charge in [0.1, 0.15) is 0 Å². The third kappa shape index (κ3) is 6.01. The van der Waals surface area contributed by atoms with Crippen LogP contribution >= 0.6 is 0 Å². The second-order valence-electron chi connectivity index (χ2n) is 8.32. The maximum atomic E-state index is 13.0. The monoisotopic (exact) mass is 482 g/mol. The number of rotatable bonds is 8. The molecule has 1 fully saturated rings. The van der Waals surface area contributed by atoms with Gasteiger partial charge in [0.25, 0.3) is 0 Å². The van der Waals surface area contributed by atoms with E-state index in [2.05, 4.69) is 6.07 Å². The topological polar surface area (TPSA) is 102 Å². The molecule has 3 rings (SSSR count). The third-order valence-electron chi connectivity index (χ3n) is 6.08. The van der Waals surface area contributed by atoms with Crippen molar-refractivity contribution in [3.63, 3.8) is 0 Å². The van der Waals surface area contributed by atoms with E-state index >= 15 is 0 Å². The van der Waals surface area contributed by atoms with Crippen LogP contribution in [0.4, 0.5) is 5.69 Å². The summed E-state index contributed by atoms with van der Waals surface area (Å²) in [4.78, 5) is 28.9. The fraction of sp³-hybridized carbons (Fsp3) is 0.400. The van der Waals surface area contributed by atoms with Gasteiger partial charge in [-0.1, -0.05) is 24.3 Å². The van der Waals surface area contributed by atoms with E-state index in [1.54, 1.807) is 35.2 Å². The predicted octanol–water partition coefficient (Wildman–Crippen LogP) is 2.86. The summed E-state index contributed by atoms with van der Waals surface area (Å²) in [6.45, 7) is 5.08. The van der Waals surface area contributed by atoms with Crippen molar-refractivity contribution in [3.8, 4) is 6.07 Å². The van der Waals surface area contributed by atoms with E-state index in [9.17, 15) is 18.0 Å². The zero-order chi connectivity index (χ0) is 24.7. The second kappa shape index (κ2) is 11.3. The van der Waals surface area contributed by atoms with Gasteiger partial charge in [-0.05, 0) is 49.2 Å². The summed E-state index contributed by atoms with van der Waals surface area (Å²) in [5.41, 5.74) is 2.64. The number of piperazine rings is 1. The van der Waals surface area contributed by atoms with Gasteiger partial charge in [0.15, 0.2) is 0 Å². The molecule has 8 nitrogen and oxygen atoms in total. The lowest BCUT2D eigenvalue weighted by Crippen LogP contribution is -2.50. The zero-order valence-corrected chi connectivity index (χ0v) is 20.4. The number of aryl methyl sites for hydroxylation is 2. The Labute approximate surface area is 201 Å². The molecule has 1 aliphatic heterocycles. The van der Waals surface area contributed by atoms with E-state index in [1.807, 2.05) is 32.0 Å². The van der Waals surface area contributed by atoms with Crippen LogP contribution in [-0.4, -0.2) is 62.2 Å². The molecule has 1 heterocycles. The minimum Gasteiger partial charge on any atom is -0.340 e. The molecule has 0 aromatic heterocycles. The van der Waals surface area contributed by atoms with Crippen LogP contribution in [0.3, 0.4) is 0 Å². The van der Waals surface area contributed by atoms with E-state index in [1.165, 1.54) is 9.21 Å². The number of nitriles is 1. The Balaban J connectivity index is 1.55. The second-order valence-corrected chi connectivity index (χ2v) is 10.3. The number of carbonyl (C=O) groups is 2. The molecule has 9 heteroatoms. The van der Waals surface area contributed by atoms with Gasteiger partial charge in [0.2, 0.25) is 21.8 Å². The van der Waals surface area contributed by atoms with Crippen molar-refractivity contribution in [2.45, 2.75) is 38.0 Å². The van der Waals surface area contributed by atoms with Crippen molar-refractivity contribution in [1.82, 2.24) is 9.21 Å². The first-order valence-corrected chi connectivity index (χ1v) is 12.8. The number of benzene rings is 2. The number of carbonyl (C=O) groups excluding carboxylic acids is 2. The number of para-hydroxylation sites is 1. The van der Waals surface area contributed by atoms with Crippen LogP contribution in [0.1, 0.15) is 30.4 Å². The van der Waals surface area contributed by atoms with Crippen LogP contribution < -0.4 is 4.90 Å². The summed E-state index contributed by atoms with van der Waals surface area (Å²) in [5.74, 6) is -0.393. The lowest BCUT2D eigenvalue weighted by atomic mass is 10.1. The molecule has 2 aromatic carbocycles. The molecule has 34 heavy (non-hydrogen) atoms. The molecule has 0 aliphatic carbocycles. The molecule has 180 valence electrons. The average Bonchev–Trinajstić information content (AvgIpc) is 2.85. The molecular formula is C25H30N4O4S. The van der Waals surface area contributed by atoms with Crippen LogP contribution in [0.15, 0.2) is 53.4 Å². The fourth-order valence-electron chi connectivity index (χ4n) is 3.88. The number of hydrogen-bond donors (Lipinski definition) is 0. The maximum absolute atomic E-state index is 13.0. The summed E-state index contributed by atoms with van der Waals surface area (Å²) in [5, 5.41) is 8.91. The maximum Gasteiger partial charge on any atom is 0.243 e. The standard InChI is InChI=1S/C25H30N4O4S/c1-20-9-10-23(19-21(20)2)34(32,33)28-17-15-27(16-18-28)24(30)11-12-25(31)29(14-6-13-26)22-7-4-3-5-8-22/h3-5,7-10,19H,6,11-12,14-18H2,1-2H3. The van der Waals surface area contributed by atoms with Crippen molar-refractivity contribution in [2.24, 2.45) is 0 Å². The minimum atomic E-state index is -3.62. The van der Waals surface area contributed by atoms with Crippen molar-refractivity contribution < 1.29 is 18.0 Å². The van der Waals surface area contributed by atoms with Crippen molar-refractivity contribution in [2.75, 3.05) is 37.6 Å². The van der Waals surface area contributed by atoms with Crippen LogP contribution in [0, 0.1) is 25.2 Å². The summed E-state index contributed by atoms with van der Waals surface area (Å²) < 4.78 is 27.4. The Bertz CT molecular complexity index is 1170. The smallest absolute Gasteiger partial charge is 0.243 e. The molecule has 0 saturated carbocycles. The zero-order valence-electron chi connectivity index (χ0n) is 19.6. The molecule has 2 aromatic rings. The summed E-state index contributed by atoms with van der Waals surface area (Å²) >= 11 is 0. The fourth-order valence-corrected chi connectivity index (χ4v) is 5.38. The lowest BCUT2D eigenvalue weighted by Gasteiger charge is -2.34. The van der Waals surface area contributed by atoms with E-state index in [0.29, 0.717) is 5.69 Å². The third-order valence-corrected chi connectivity index (χ3v) is 7.97. The lowest BCUT2D eigenvalue weighted by molar-refractivity contribution is -0.134. The largest absolute Gasteiger partial charge is 0.340 e. The quantitative estimate of drug-likeness (QED) is 0.576. The highest BCUT2D eigenvalue weighted by Crippen LogP contribution is 2.21. The van der Waals surface area contributed by atoms with Gasteiger partial charge >= 0.3 is 0 Å². The molecule has 0 atom stereocenters. The highest BCUT2D eigenvalue weighted by Gasteiger charge is 2.30. The first-order chi connectivity index (χ1) is 16.2. The summed E-state index contributed by atoms with van der Waals surface area (Å²) in [6, 6.07) is 16.2. The van der Waals surface area contributed by atoms with Crippen LogP contribution in [-0.2, 0) is 19.6 Å². The SMILES string of the molecule is Cc1ccc(S(=O)(=O)N2CCN(C(=O)CCC(=O)N(CCC#N)c3ccccc3)CC2)cc1C. The van der Waals surface area contributed by atoms with Gasteiger partial charge in [-0.3, -0.25) is 9.59 Å². The number of hydrogen-bond acceptors (Lipinski definition) is 5. The molecule has 0 spiro atoms. The molecular weight excluding hydrogens is 452 g/mol. The molecule has 0 bridgehead atoms. The molecule has 0 N–H and O–H groups in total. The first-order valence-electron chi connectivity index (χ1n) is 11.3. The van der Waals surface area contributed by atoms with Gasteiger partial charge in [-0.25, -0.2) is 8.42 Å². The van der Waals surface area contributed by atoms with E-state index in [0.717, 1.165) is 11.1 Å². The molecule has 1 aliphatic rings. The molecule has 0 unspecified atom stereocenters. The van der Waals surface area contributed by atoms with Gasteiger partial charge in [-0.2, -0.15) is 9.57 Å². The van der Waals surface area contributed by atoms with Crippen molar-refractivity contribution in [3.05, 3.63) is 59.7 Å². The highest BCUT2D eigenvalue weighted by molar-refractivity contribution is 7.89. The molecule has 2 amide bonds. The Hall–Kier alpha value is -3.22. The summed E-state index contributed by atoms with van der Waals surface area (Å²) in [7, 11) is -3.62. The van der Waals surface area contributed by atoms with Crippen LogP contribution in [0.25, 0.3) is 0 Å². The Kier molecular flexibility index (Phi) is 8.42. The number of sulfonamides is 1. The number of nitrogens with zero attached hydrogens (tertiary/aromatic N) is 4. The van der Waals surface area contributed by atoms with E-state index in [-0.39, 0.29) is 68.7 Å². The predicted molar refractivity (Wildman–Crippen MR) is 130 cm³/mol. The minimum absolute atomic E-state index is 0.0281. The molecule has 1 saturated heterocycles. The van der Waals surface area contributed by atoms with E-state index < -0.39 is 10.0 Å². The van der Waals surface area contributed by atoms with Gasteiger partial charge in [0.05, 0.1) is 17.4 Å². The Morgan fingerprint density at radius 2 is 1.65 bits per heavy atom. The van der Waals surface area contributed by atoms with Crippen molar-refractivity contribution >= 4 is 27.5 Å². The van der Waals surface area contributed by atoms with Crippen LogP contribution in [0.5, 0.6) is 0 Å². The van der Waals surface area contributed by atoms with Crippen molar-refractivity contribution in [1.29, 1.82) is 5.26 Å². The number of amides is 2. The van der Waals surface area contributed by atoms with Crippen LogP contribution in [0.2, 0.25) is 0 Å². The van der Waals surface area contributed by atoms with Gasteiger partial charge in [-0.15, -0.1) is 0 Å². The normalized spacial score (nSPS) is 14.4. The first kappa shape index (κ1) is 25.4. The Morgan fingerprint density at radius 1 is 0.971 bits per heavy atom. The number of anilines is 1. The molecule has 0 radical (unpaired) electrons. The highest BCUT2D eigenvalue weighted by atomic mass is 32.2. The summed E-state index contributed by atoms with van der Waals surface area (Å²) in [6.07, 6.45) is 0.268. The average molecular weight is 483 g/mol. The van der Waals surface area contributed by atoms with E-state index in [4.69, 9.17) is 5.26 Å². The van der Waals surface area contributed by atoms with Gasteiger partial charge in [0, 0.05) is 51.3 Å². The van der Waals surface area contributed by atoms with Gasteiger partial charge < -0.3 is 9.80 Å².